The molecule has 0 heterocycles. The van der Waals surface area contributed by atoms with Gasteiger partial charge < -0.3 is 14.2 Å². The van der Waals surface area contributed by atoms with Gasteiger partial charge in [-0.2, -0.15) is 0 Å². The molecule has 0 saturated heterocycles. The minimum atomic E-state index is -0.170. The summed E-state index contributed by atoms with van der Waals surface area (Å²) >= 11 is 0. The molecule has 0 aliphatic carbocycles. The van der Waals surface area contributed by atoms with Crippen LogP contribution in [-0.2, 0) is 0 Å². The maximum Gasteiger partial charge on any atom is 0.200 e. The Labute approximate surface area is 304 Å². The Morgan fingerprint density at radius 3 is 1.09 bits per heavy atom. The molecule has 0 N–H and O–H groups in total. The van der Waals surface area contributed by atoms with Crippen LogP contribution in [-0.4, -0.2) is 24.8 Å². The van der Waals surface area contributed by atoms with E-state index in [1.807, 2.05) is 60.7 Å². The van der Waals surface area contributed by atoms with Crippen molar-refractivity contribution in [1.29, 1.82) is 0 Å². The van der Waals surface area contributed by atoms with Gasteiger partial charge >= 0.3 is 0 Å². The number of para-hydroxylation sites is 4. The molecule has 0 radical (unpaired) electrons. The zero-order valence-electron chi connectivity index (χ0n) is 28.5. The summed E-state index contributed by atoms with van der Waals surface area (Å²) in [6, 6.07) is 51.4. The third-order valence-electron chi connectivity index (χ3n) is 10.3. The number of benzene rings is 10. The zero-order chi connectivity index (χ0) is 35.5. The van der Waals surface area contributed by atoms with Gasteiger partial charge in [-0.15, -0.1) is 0 Å². The maximum absolute atomic E-state index is 13.7. The Hall–Kier alpha value is -6.98. The Balaban J connectivity index is 0.883. The van der Waals surface area contributed by atoms with Crippen LogP contribution < -0.4 is 14.2 Å². The van der Waals surface area contributed by atoms with Crippen molar-refractivity contribution >= 4 is 76.2 Å². The molecule has 0 atom stereocenters. The number of rotatable bonds is 10. The first-order chi connectivity index (χ1) is 26.1. The van der Waals surface area contributed by atoms with E-state index >= 15 is 0 Å². The predicted octanol–water partition coefficient (Wildman–Crippen LogP) is 11.8. The highest BCUT2D eigenvalue weighted by Gasteiger charge is 2.19. The Kier molecular flexibility index (Phi) is 7.18. The number of carbonyl (C=O) groups is 2. The van der Waals surface area contributed by atoms with E-state index in [0.29, 0.717) is 34.1 Å². The quantitative estimate of drug-likeness (QED) is 0.106. The van der Waals surface area contributed by atoms with Gasteiger partial charge in [0.2, 0.25) is 11.6 Å². The van der Waals surface area contributed by atoms with Gasteiger partial charge in [0.15, 0.2) is 36.2 Å². The van der Waals surface area contributed by atoms with E-state index < -0.39 is 0 Å². The summed E-state index contributed by atoms with van der Waals surface area (Å²) in [5, 5.41) is 13.1. The van der Waals surface area contributed by atoms with E-state index in [0.717, 1.165) is 64.6 Å². The fourth-order valence-electron chi connectivity index (χ4n) is 7.82. The monoisotopic (exact) mass is 686 g/mol. The first kappa shape index (κ1) is 30.8. The van der Waals surface area contributed by atoms with Crippen molar-refractivity contribution in [1.82, 2.24) is 0 Å². The molecule has 5 nitrogen and oxygen atoms in total. The summed E-state index contributed by atoms with van der Waals surface area (Å²) in [4.78, 5) is 27.4. The SMILES string of the molecule is O=C(COc1ccccc1Oc1ccccc1OCC(=O)c1ccc2ccc3cccc4ccc1c2c34)c1ccc2ccc3cccc4ccc1c2c34. The predicted molar refractivity (Wildman–Crippen MR) is 213 cm³/mol. The lowest BCUT2D eigenvalue weighted by Crippen LogP contribution is -2.13. The second-order valence-corrected chi connectivity index (χ2v) is 13.4. The molecular formula is C48H30O5. The van der Waals surface area contributed by atoms with Crippen LogP contribution in [0.4, 0.5) is 0 Å². The highest BCUT2D eigenvalue weighted by atomic mass is 16.5. The summed E-state index contributed by atoms with van der Waals surface area (Å²) in [5.74, 6) is 1.41. The van der Waals surface area contributed by atoms with E-state index in [1.54, 1.807) is 24.3 Å². The molecule has 53 heavy (non-hydrogen) atoms. The molecule has 10 aromatic rings. The Bertz CT molecular complexity index is 2800. The first-order valence-electron chi connectivity index (χ1n) is 17.6. The van der Waals surface area contributed by atoms with Crippen LogP contribution in [0.3, 0.4) is 0 Å². The minimum absolute atomic E-state index is 0.133. The van der Waals surface area contributed by atoms with Gasteiger partial charge in [-0.3, -0.25) is 9.59 Å². The smallest absolute Gasteiger partial charge is 0.200 e. The molecule has 0 amide bonds. The molecule has 0 bridgehead atoms. The molecule has 252 valence electrons. The van der Waals surface area contributed by atoms with Crippen LogP contribution in [0.15, 0.2) is 158 Å². The third-order valence-corrected chi connectivity index (χ3v) is 10.3. The largest absolute Gasteiger partial charge is 0.482 e. The van der Waals surface area contributed by atoms with Crippen LogP contribution in [0.25, 0.3) is 64.6 Å². The molecule has 10 rings (SSSR count). The Morgan fingerprint density at radius 2 is 0.679 bits per heavy atom. The van der Waals surface area contributed by atoms with Crippen molar-refractivity contribution in [3.05, 3.63) is 169 Å². The van der Waals surface area contributed by atoms with Gasteiger partial charge in [0, 0.05) is 11.1 Å². The zero-order valence-corrected chi connectivity index (χ0v) is 28.5. The highest BCUT2D eigenvalue weighted by Crippen LogP contribution is 2.39. The van der Waals surface area contributed by atoms with E-state index in [2.05, 4.69) is 72.8 Å². The third kappa shape index (κ3) is 5.16. The van der Waals surface area contributed by atoms with Crippen LogP contribution in [0, 0.1) is 0 Å². The van der Waals surface area contributed by atoms with E-state index in [4.69, 9.17) is 14.2 Å². The minimum Gasteiger partial charge on any atom is -0.482 e. The summed E-state index contributed by atoms with van der Waals surface area (Å²) < 4.78 is 18.6. The lowest BCUT2D eigenvalue weighted by atomic mass is 9.91. The van der Waals surface area contributed by atoms with E-state index in [9.17, 15) is 9.59 Å². The second kappa shape index (κ2) is 12.4. The van der Waals surface area contributed by atoms with Crippen LogP contribution in [0.2, 0.25) is 0 Å². The van der Waals surface area contributed by atoms with Crippen LogP contribution in [0.1, 0.15) is 20.7 Å². The van der Waals surface area contributed by atoms with Crippen molar-refractivity contribution < 1.29 is 23.8 Å². The van der Waals surface area contributed by atoms with Gasteiger partial charge in [-0.1, -0.05) is 133 Å². The molecule has 0 saturated carbocycles. The average Bonchev–Trinajstić information content (AvgIpc) is 3.21. The fourth-order valence-corrected chi connectivity index (χ4v) is 7.82. The topological polar surface area (TPSA) is 61.8 Å². The van der Waals surface area contributed by atoms with Crippen LogP contribution in [0.5, 0.6) is 23.0 Å². The summed E-state index contributed by atoms with van der Waals surface area (Å²) in [5.41, 5.74) is 1.23. The number of ether oxygens (including phenoxy) is 3. The molecule has 0 aliphatic rings. The summed E-state index contributed by atoms with van der Waals surface area (Å²) in [7, 11) is 0. The van der Waals surface area contributed by atoms with Crippen molar-refractivity contribution in [3.8, 4) is 23.0 Å². The molecule has 0 aromatic heterocycles. The van der Waals surface area contributed by atoms with Gasteiger partial charge in [0.05, 0.1) is 0 Å². The summed E-state index contributed by atoms with van der Waals surface area (Å²) in [6.07, 6.45) is 0. The van der Waals surface area contributed by atoms with Gasteiger partial charge in [-0.05, 0) is 88.9 Å². The van der Waals surface area contributed by atoms with Crippen LogP contribution >= 0.6 is 0 Å². The number of hydrogen-bond acceptors (Lipinski definition) is 5. The number of carbonyl (C=O) groups excluding carboxylic acids is 2. The van der Waals surface area contributed by atoms with Gasteiger partial charge in [0.25, 0.3) is 0 Å². The molecule has 0 fully saturated rings. The van der Waals surface area contributed by atoms with E-state index in [-0.39, 0.29) is 24.8 Å². The van der Waals surface area contributed by atoms with E-state index in [1.165, 1.54) is 0 Å². The highest BCUT2D eigenvalue weighted by molar-refractivity contribution is 6.28. The standard InChI is InChI=1S/C48H30O5/c49-39(35-23-19-33-17-15-29-7-5-9-31-21-25-37(35)47(33)45(29)31)27-51-41-11-1-3-13-43(41)53-44-14-4-2-12-42(44)52-28-40(50)36-24-20-34-18-16-30-8-6-10-32-22-26-38(36)48(34)46(30)32/h1-26H,27-28H2. The average molecular weight is 687 g/mol. The Morgan fingerprint density at radius 1 is 0.340 bits per heavy atom. The molecule has 10 aromatic carbocycles. The number of ketones is 2. The number of hydrogen-bond donors (Lipinski definition) is 0. The van der Waals surface area contributed by atoms with Crippen molar-refractivity contribution in [3.63, 3.8) is 0 Å². The van der Waals surface area contributed by atoms with Crippen molar-refractivity contribution in [2.45, 2.75) is 0 Å². The lowest BCUT2D eigenvalue weighted by molar-refractivity contribution is 0.0917. The lowest BCUT2D eigenvalue weighted by Gasteiger charge is -2.16. The second-order valence-electron chi connectivity index (χ2n) is 13.4. The van der Waals surface area contributed by atoms with Crippen molar-refractivity contribution in [2.24, 2.45) is 0 Å². The first-order valence-corrected chi connectivity index (χ1v) is 17.6. The molecular weight excluding hydrogens is 657 g/mol. The van der Waals surface area contributed by atoms with Crippen molar-refractivity contribution in [2.75, 3.05) is 13.2 Å². The molecule has 0 aliphatic heterocycles. The maximum atomic E-state index is 13.7. The molecule has 0 unspecified atom stereocenters. The van der Waals surface area contributed by atoms with Gasteiger partial charge in [-0.25, -0.2) is 0 Å². The summed E-state index contributed by atoms with van der Waals surface area (Å²) in [6.45, 7) is -0.341. The molecule has 0 spiro atoms. The molecule has 5 heteroatoms. The van der Waals surface area contributed by atoms with Gasteiger partial charge in [0.1, 0.15) is 0 Å². The normalized spacial score (nSPS) is 11.7. The number of Topliss-reactive ketones (excluding diaryl/α,β-unsaturated/α-hetero) is 2. The fraction of sp³-hybridized carbons (Fsp3) is 0.0417.